The summed E-state index contributed by atoms with van der Waals surface area (Å²) in [5.74, 6) is 2.03. The number of hydrogen-bond acceptors (Lipinski definition) is 2. The molecule has 0 atom stereocenters. The van der Waals surface area contributed by atoms with Crippen LogP contribution >= 0.6 is 0 Å². The van der Waals surface area contributed by atoms with Gasteiger partial charge in [-0.3, -0.25) is 0 Å². The van der Waals surface area contributed by atoms with Gasteiger partial charge in [-0.15, -0.1) is 5.98 Å². The Morgan fingerprint density at radius 2 is 1.89 bits per heavy atom. The third-order valence-electron chi connectivity index (χ3n) is 3.63. The van der Waals surface area contributed by atoms with Gasteiger partial charge in [-0.1, -0.05) is 39.2 Å². The maximum atomic E-state index is 10.1. The van der Waals surface area contributed by atoms with Crippen molar-refractivity contribution < 1.29 is 5.11 Å². The minimum atomic E-state index is -0.673. The lowest BCUT2D eigenvalue weighted by atomic mass is 9.59. The lowest BCUT2D eigenvalue weighted by Gasteiger charge is -2.37. The Hall–Kier alpha value is -0.955. The highest BCUT2D eigenvalue weighted by Crippen LogP contribution is 2.33. The van der Waals surface area contributed by atoms with E-state index in [1.807, 2.05) is 39.0 Å². The predicted octanol–water partition coefficient (Wildman–Crippen LogP) is 3.49. The van der Waals surface area contributed by atoms with Crippen LogP contribution in [-0.4, -0.2) is 25.0 Å². The van der Waals surface area contributed by atoms with Gasteiger partial charge < -0.3 is 10.4 Å². The highest BCUT2D eigenvalue weighted by Gasteiger charge is 2.33. The second-order valence-corrected chi connectivity index (χ2v) is 5.95. The molecule has 0 unspecified atom stereocenters. The first-order valence-electron chi connectivity index (χ1n) is 7.01. The molecule has 0 aromatic carbocycles. The summed E-state index contributed by atoms with van der Waals surface area (Å²) in [4.78, 5) is 0. The van der Waals surface area contributed by atoms with Crippen molar-refractivity contribution in [2.24, 2.45) is 5.41 Å². The SMILES string of the molecule is CC\C=C/C(=C\C=C\[B]CC(C)(C)C(C)(C)O)NC. The smallest absolute Gasteiger partial charge is 0.141 e. The monoisotopic (exact) mass is 262 g/mol. The average Bonchev–Trinajstić information content (AvgIpc) is 2.31. The molecule has 0 aromatic heterocycles. The van der Waals surface area contributed by atoms with Crippen molar-refractivity contribution in [1.82, 2.24) is 5.32 Å². The Labute approximate surface area is 119 Å². The summed E-state index contributed by atoms with van der Waals surface area (Å²) in [6.07, 6.45) is 10.1. The molecule has 2 N–H and O–H groups in total. The molecule has 0 aromatic rings. The van der Waals surface area contributed by atoms with E-state index in [0.717, 1.165) is 18.4 Å². The highest BCUT2D eigenvalue weighted by molar-refractivity contribution is 6.42. The topological polar surface area (TPSA) is 32.3 Å². The van der Waals surface area contributed by atoms with Crippen LogP contribution in [0.4, 0.5) is 0 Å². The van der Waals surface area contributed by atoms with Crippen LogP contribution in [0.5, 0.6) is 0 Å². The van der Waals surface area contributed by atoms with E-state index in [4.69, 9.17) is 0 Å². The lowest BCUT2D eigenvalue weighted by Crippen LogP contribution is -2.39. The van der Waals surface area contributed by atoms with Crippen LogP contribution < -0.4 is 5.32 Å². The molecule has 107 valence electrons. The van der Waals surface area contributed by atoms with E-state index in [1.54, 1.807) is 0 Å². The van der Waals surface area contributed by atoms with Crippen molar-refractivity contribution in [3.05, 3.63) is 36.0 Å². The van der Waals surface area contributed by atoms with Crippen LogP contribution in [0, 0.1) is 5.41 Å². The standard InChI is InChI=1S/C16H29BNO/c1-7-8-10-14(18-6)11-9-12-17-13-15(2,3)16(4,5)19/h8-12,18-19H,7,13H2,1-6H3/b10-8-,12-9+,14-11+. The Balaban J connectivity index is 4.31. The second kappa shape index (κ2) is 8.26. The Morgan fingerprint density at radius 3 is 2.37 bits per heavy atom. The normalized spacial score (nSPS) is 14.4. The van der Waals surface area contributed by atoms with Crippen molar-refractivity contribution >= 4 is 7.28 Å². The molecule has 0 aliphatic rings. The molecule has 0 heterocycles. The quantitative estimate of drug-likeness (QED) is 0.518. The molecule has 0 aliphatic carbocycles. The number of rotatable bonds is 8. The number of nitrogens with one attached hydrogen (secondary N) is 1. The number of hydrogen-bond donors (Lipinski definition) is 2. The summed E-state index contributed by atoms with van der Waals surface area (Å²) in [6.45, 7) is 10.00. The van der Waals surface area contributed by atoms with E-state index in [2.05, 4.69) is 45.5 Å². The summed E-state index contributed by atoms with van der Waals surface area (Å²) < 4.78 is 0. The van der Waals surface area contributed by atoms with Crippen LogP contribution in [0.1, 0.15) is 41.0 Å². The first kappa shape index (κ1) is 18.0. The van der Waals surface area contributed by atoms with Gasteiger partial charge in [0.25, 0.3) is 0 Å². The molecule has 0 aliphatic heterocycles. The number of likely N-dealkylation sites (N-methyl/N-ethyl adjacent to an activating group) is 1. The lowest BCUT2D eigenvalue weighted by molar-refractivity contribution is -0.0236. The van der Waals surface area contributed by atoms with Gasteiger partial charge in [0.05, 0.1) is 5.60 Å². The first-order chi connectivity index (χ1) is 8.74. The largest absolute Gasteiger partial charge is 0.390 e. The van der Waals surface area contributed by atoms with Gasteiger partial charge in [0.2, 0.25) is 0 Å². The molecule has 1 radical (unpaired) electrons. The van der Waals surface area contributed by atoms with Crippen LogP contribution in [0.3, 0.4) is 0 Å². The van der Waals surface area contributed by atoms with Crippen molar-refractivity contribution in [3.8, 4) is 0 Å². The average molecular weight is 262 g/mol. The Bertz CT molecular complexity index is 335. The van der Waals surface area contributed by atoms with E-state index < -0.39 is 5.60 Å². The summed E-state index contributed by atoms with van der Waals surface area (Å²) in [5.41, 5.74) is 0.288. The van der Waals surface area contributed by atoms with E-state index in [9.17, 15) is 5.11 Å². The van der Waals surface area contributed by atoms with Crippen molar-refractivity contribution in [3.63, 3.8) is 0 Å². The first-order valence-corrected chi connectivity index (χ1v) is 7.01. The third-order valence-corrected chi connectivity index (χ3v) is 3.63. The van der Waals surface area contributed by atoms with Crippen molar-refractivity contribution in [2.75, 3.05) is 7.05 Å². The Kier molecular flexibility index (Phi) is 7.85. The molecule has 0 amide bonds. The fourth-order valence-corrected chi connectivity index (χ4v) is 1.32. The van der Waals surface area contributed by atoms with Crippen LogP contribution in [0.25, 0.3) is 0 Å². The van der Waals surface area contributed by atoms with Gasteiger partial charge >= 0.3 is 0 Å². The molecule has 3 heteroatoms. The molecular weight excluding hydrogens is 233 g/mol. The molecule has 0 saturated heterocycles. The minimum Gasteiger partial charge on any atom is -0.390 e. The van der Waals surface area contributed by atoms with E-state index in [1.165, 1.54) is 0 Å². The molecule has 2 nitrogen and oxygen atoms in total. The van der Waals surface area contributed by atoms with E-state index in [-0.39, 0.29) is 5.41 Å². The van der Waals surface area contributed by atoms with E-state index in [0.29, 0.717) is 0 Å². The van der Waals surface area contributed by atoms with Gasteiger partial charge in [0.15, 0.2) is 0 Å². The Morgan fingerprint density at radius 1 is 1.26 bits per heavy atom. The summed E-state index contributed by atoms with van der Waals surface area (Å²) in [6, 6.07) is 0. The molecule has 0 saturated carbocycles. The number of aliphatic hydroxyl groups is 1. The molecule has 0 spiro atoms. The molecule has 0 bridgehead atoms. The summed E-state index contributed by atoms with van der Waals surface area (Å²) in [5, 5.41) is 13.2. The van der Waals surface area contributed by atoms with Gasteiger partial charge in [-0.2, -0.15) is 0 Å². The van der Waals surface area contributed by atoms with E-state index >= 15 is 0 Å². The molecular formula is C16H29BNO. The minimum absolute atomic E-state index is 0.130. The van der Waals surface area contributed by atoms with Gasteiger partial charge in [-0.05, 0) is 37.8 Å². The maximum Gasteiger partial charge on any atom is 0.141 e. The van der Waals surface area contributed by atoms with Crippen molar-refractivity contribution in [1.29, 1.82) is 0 Å². The molecule has 0 rings (SSSR count). The third kappa shape index (κ3) is 7.26. The summed E-state index contributed by atoms with van der Waals surface area (Å²) >= 11 is 0. The predicted molar refractivity (Wildman–Crippen MR) is 86.4 cm³/mol. The zero-order chi connectivity index (χ0) is 14.9. The van der Waals surface area contributed by atoms with Crippen LogP contribution in [0.2, 0.25) is 6.32 Å². The highest BCUT2D eigenvalue weighted by atomic mass is 16.3. The zero-order valence-corrected chi connectivity index (χ0v) is 13.3. The van der Waals surface area contributed by atoms with Gasteiger partial charge in [-0.25, -0.2) is 0 Å². The van der Waals surface area contributed by atoms with Crippen LogP contribution in [0.15, 0.2) is 36.0 Å². The molecule has 19 heavy (non-hydrogen) atoms. The maximum absolute atomic E-state index is 10.1. The zero-order valence-electron chi connectivity index (χ0n) is 13.3. The number of allylic oxidation sites excluding steroid dienone is 4. The van der Waals surface area contributed by atoms with Crippen LogP contribution in [-0.2, 0) is 0 Å². The van der Waals surface area contributed by atoms with Gasteiger partial charge in [0.1, 0.15) is 7.28 Å². The fraction of sp³-hybridized carbons (Fsp3) is 0.625. The molecule has 0 fully saturated rings. The summed E-state index contributed by atoms with van der Waals surface area (Å²) in [7, 11) is 4.02. The van der Waals surface area contributed by atoms with Crippen molar-refractivity contribution in [2.45, 2.75) is 53.0 Å². The second-order valence-electron chi connectivity index (χ2n) is 5.95. The van der Waals surface area contributed by atoms with Gasteiger partial charge in [0, 0.05) is 12.7 Å². The fourth-order valence-electron chi connectivity index (χ4n) is 1.32.